The van der Waals surface area contributed by atoms with Crippen LogP contribution in [0.5, 0.6) is 0 Å². The summed E-state index contributed by atoms with van der Waals surface area (Å²) in [5.41, 5.74) is 2.35. The molecule has 1 aliphatic rings. The Morgan fingerprint density at radius 1 is 1.21 bits per heavy atom. The number of amides is 1. The maximum Gasteiger partial charge on any atom is 0.207 e. The lowest BCUT2D eigenvalue weighted by Gasteiger charge is -2.28. The molecule has 3 aromatic rings. The second-order valence-electron chi connectivity index (χ2n) is 6.54. The Kier molecular flexibility index (Phi) is 7.47. The van der Waals surface area contributed by atoms with Crippen LogP contribution in [0.25, 0.3) is 10.9 Å². The minimum atomic E-state index is 0.442. The molecule has 1 N–H and O–H groups in total. The molecule has 2 aromatic heterocycles. The van der Waals surface area contributed by atoms with Gasteiger partial charge in [0.15, 0.2) is 0 Å². The predicted octanol–water partition coefficient (Wildman–Crippen LogP) is 3.58. The number of nitrogens with zero attached hydrogens (tertiary/aromatic N) is 5. The summed E-state index contributed by atoms with van der Waals surface area (Å²) in [5, 5.41) is 12.7. The number of piperidine rings is 1. The number of hydrogen-bond donors (Lipinski definition) is 1. The molecule has 148 valence electrons. The first-order valence-electron chi connectivity index (χ1n) is 9.38. The minimum absolute atomic E-state index is 0.442. The van der Waals surface area contributed by atoms with E-state index >= 15 is 0 Å². The average Bonchev–Trinajstić information content (AvgIpc) is 2.78. The van der Waals surface area contributed by atoms with Crippen molar-refractivity contribution < 1.29 is 4.79 Å². The van der Waals surface area contributed by atoms with Gasteiger partial charge in [0.05, 0.1) is 35.6 Å². The molecule has 0 aliphatic carbocycles. The summed E-state index contributed by atoms with van der Waals surface area (Å²) in [4.78, 5) is 24.6. The van der Waals surface area contributed by atoms with Crippen molar-refractivity contribution in [2.45, 2.75) is 25.8 Å². The Labute approximate surface area is 177 Å². The molecule has 1 aromatic carbocycles. The molecule has 0 saturated carbocycles. The zero-order chi connectivity index (χ0) is 20.5. The first kappa shape index (κ1) is 20.7. The van der Waals surface area contributed by atoms with Crippen molar-refractivity contribution in [1.29, 1.82) is 5.26 Å². The molecule has 7 nitrogen and oxygen atoms in total. The number of carbonyl (C=O) groups is 1. The standard InChI is InChI=1S/C15H14BrN3.C6H7N3O/c16-12-4-5-14-13(9-12)11(10-17)8-15(18-14)19-6-2-1-3-7-19;10-5-8-4-6-3-7-1-2-9-6/h4-5,8-9H,1-3,6-7H2;1-3,5H,4H2,(H,8,10). The molecule has 0 bridgehead atoms. The van der Waals surface area contributed by atoms with E-state index < -0.39 is 0 Å². The molecule has 3 heterocycles. The number of fused-ring (bicyclic) bond motifs is 1. The van der Waals surface area contributed by atoms with E-state index in [-0.39, 0.29) is 0 Å². The number of halogens is 1. The molecule has 0 radical (unpaired) electrons. The highest BCUT2D eigenvalue weighted by Crippen LogP contribution is 2.26. The third-order valence-corrected chi connectivity index (χ3v) is 5.03. The second-order valence-corrected chi connectivity index (χ2v) is 7.46. The summed E-state index contributed by atoms with van der Waals surface area (Å²) in [6.07, 6.45) is 9.13. The molecule has 1 amide bonds. The molecular weight excluding hydrogens is 432 g/mol. The van der Waals surface area contributed by atoms with E-state index in [1.807, 2.05) is 24.3 Å². The molecule has 1 saturated heterocycles. The van der Waals surface area contributed by atoms with Crippen molar-refractivity contribution in [2.24, 2.45) is 0 Å². The smallest absolute Gasteiger partial charge is 0.207 e. The first-order chi connectivity index (χ1) is 14.2. The quantitative estimate of drug-likeness (QED) is 0.607. The SMILES string of the molecule is N#Cc1cc(N2CCCCC2)nc2ccc(Br)cc12.O=CNCc1cnccn1. The molecular formula is C21H21BrN6O. The van der Waals surface area contributed by atoms with Gasteiger partial charge in [0.25, 0.3) is 0 Å². The maximum atomic E-state index is 9.82. The van der Waals surface area contributed by atoms with E-state index in [0.717, 1.165) is 40.0 Å². The van der Waals surface area contributed by atoms with Crippen molar-refractivity contribution >= 4 is 39.1 Å². The van der Waals surface area contributed by atoms with Crippen LogP contribution in [0.1, 0.15) is 30.5 Å². The Bertz CT molecular complexity index is 999. The van der Waals surface area contributed by atoms with Gasteiger partial charge in [-0.05, 0) is 43.5 Å². The van der Waals surface area contributed by atoms with Gasteiger partial charge in [-0.3, -0.25) is 14.8 Å². The van der Waals surface area contributed by atoms with Crippen LogP contribution in [-0.4, -0.2) is 34.5 Å². The van der Waals surface area contributed by atoms with E-state index in [4.69, 9.17) is 4.98 Å². The number of hydrogen-bond acceptors (Lipinski definition) is 6. The van der Waals surface area contributed by atoms with Crippen LogP contribution in [0.4, 0.5) is 5.82 Å². The second kappa shape index (κ2) is 10.5. The Morgan fingerprint density at radius 2 is 2.03 bits per heavy atom. The van der Waals surface area contributed by atoms with Crippen LogP contribution in [-0.2, 0) is 11.3 Å². The first-order valence-corrected chi connectivity index (χ1v) is 10.2. The Hall–Kier alpha value is -3.05. The van der Waals surface area contributed by atoms with Gasteiger partial charge in [0, 0.05) is 35.3 Å². The number of nitriles is 1. The summed E-state index contributed by atoms with van der Waals surface area (Å²) in [7, 11) is 0. The number of pyridine rings is 1. The van der Waals surface area contributed by atoms with Crippen LogP contribution in [0.2, 0.25) is 0 Å². The molecule has 1 aliphatic heterocycles. The van der Waals surface area contributed by atoms with Gasteiger partial charge >= 0.3 is 0 Å². The van der Waals surface area contributed by atoms with E-state index in [0.29, 0.717) is 18.5 Å². The van der Waals surface area contributed by atoms with Gasteiger partial charge in [0.2, 0.25) is 6.41 Å². The van der Waals surface area contributed by atoms with Crippen LogP contribution < -0.4 is 10.2 Å². The van der Waals surface area contributed by atoms with Crippen molar-refractivity contribution in [3.63, 3.8) is 0 Å². The van der Waals surface area contributed by atoms with Crippen LogP contribution >= 0.6 is 15.9 Å². The zero-order valence-corrected chi connectivity index (χ0v) is 17.5. The van der Waals surface area contributed by atoms with E-state index in [1.165, 1.54) is 19.3 Å². The summed E-state index contributed by atoms with van der Waals surface area (Å²) < 4.78 is 0.976. The number of rotatable bonds is 4. The Balaban J connectivity index is 0.000000204. The fourth-order valence-electron chi connectivity index (χ4n) is 3.13. The topological polar surface area (TPSA) is 94.8 Å². The van der Waals surface area contributed by atoms with Crippen molar-refractivity contribution in [3.8, 4) is 6.07 Å². The van der Waals surface area contributed by atoms with Crippen LogP contribution in [0.15, 0.2) is 47.3 Å². The average molecular weight is 453 g/mol. The number of aromatic nitrogens is 3. The molecule has 0 unspecified atom stereocenters. The predicted molar refractivity (Wildman–Crippen MR) is 115 cm³/mol. The van der Waals surface area contributed by atoms with Gasteiger partial charge in [-0.15, -0.1) is 0 Å². The van der Waals surface area contributed by atoms with Crippen molar-refractivity contribution in [3.05, 3.63) is 58.6 Å². The summed E-state index contributed by atoms with van der Waals surface area (Å²) in [6.45, 7) is 2.52. The molecule has 1 fully saturated rings. The Morgan fingerprint density at radius 3 is 2.72 bits per heavy atom. The highest BCUT2D eigenvalue weighted by atomic mass is 79.9. The third-order valence-electron chi connectivity index (χ3n) is 4.54. The lowest BCUT2D eigenvalue weighted by molar-refractivity contribution is -0.109. The molecule has 4 rings (SSSR count). The number of nitrogens with one attached hydrogen (secondary N) is 1. The summed E-state index contributed by atoms with van der Waals surface area (Å²) in [5.74, 6) is 0.936. The van der Waals surface area contributed by atoms with Gasteiger partial charge in [-0.2, -0.15) is 5.26 Å². The number of carbonyl (C=O) groups excluding carboxylic acids is 1. The van der Waals surface area contributed by atoms with Crippen LogP contribution in [0.3, 0.4) is 0 Å². The molecule has 8 heteroatoms. The van der Waals surface area contributed by atoms with E-state index in [2.05, 4.69) is 42.2 Å². The highest BCUT2D eigenvalue weighted by molar-refractivity contribution is 9.10. The monoisotopic (exact) mass is 452 g/mol. The van der Waals surface area contributed by atoms with Gasteiger partial charge in [0.1, 0.15) is 5.82 Å². The third kappa shape index (κ3) is 5.72. The largest absolute Gasteiger partial charge is 0.357 e. The number of anilines is 1. The van der Waals surface area contributed by atoms with Crippen LogP contribution in [0, 0.1) is 11.3 Å². The van der Waals surface area contributed by atoms with E-state index in [9.17, 15) is 10.1 Å². The van der Waals surface area contributed by atoms with Gasteiger partial charge in [-0.1, -0.05) is 15.9 Å². The van der Waals surface area contributed by atoms with Gasteiger partial charge < -0.3 is 10.2 Å². The molecule has 0 spiro atoms. The zero-order valence-electron chi connectivity index (χ0n) is 15.9. The summed E-state index contributed by atoms with van der Waals surface area (Å²) >= 11 is 3.44. The molecule has 29 heavy (non-hydrogen) atoms. The number of benzene rings is 1. The lowest BCUT2D eigenvalue weighted by Crippen LogP contribution is -2.30. The van der Waals surface area contributed by atoms with Gasteiger partial charge in [-0.25, -0.2) is 4.98 Å². The minimum Gasteiger partial charge on any atom is -0.357 e. The fourth-order valence-corrected chi connectivity index (χ4v) is 3.49. The molecule has 0 atom stereocenters. The highest BCUT2D eigenvalue weighted by Gasteiger charge is 2.14. The lowest BCUT2D eigenvalue weighted by atomic mass is 10.1. The van der Waals surface area contributed by atoms with E-state index in [1.54, 1.807) is 18.6 Å². The maximum absolute atomic E-state index is 9.82. The fraction of sp³-hybridized carbons (Fsp3) is 0.286. The normalized spacial score (nSPS) is 13.2. The summed E-state index contributed by atoms with van der Waals surface area (Å²) in [6, 6.07) is 10.1. The van der Waals surface area contributed by atoms with Crippen molar-refractivity contribution in [2.75, 3.05) is 18.0 Å². The van der Waals surface area contributed by atoms with Crippen molar-refractivity contribution in [1.82, 2.24) is 20.3 Å².